The average molecular weight is 426 g/mol. The molecule has 156 valence electrons. The normalized spacial score (nSPS) is 10.9. The highest BCUT2D eigenvalue weighted by Crippen LogP contribution is 2.28. The van der Waals surface area contributed by atoms with Crippen LogP contribution >= 0.6 is 0 Å². The van der Waals surface area contributed by atoms with Crippen molar-refractivity contribution >= 4 is 27.3 Å². The summed E-state index contributed by atoms with van der Waals surface area (Å²) in [6, 6.07) is 17.9. The van der Waals surface area contributed by atoms with Gasteiger partial charge in [0.25, 0.3) is 15.9 Å². The largest absolute Gasteiger partial charge is 0.497 e. The molecule has 1 amide bonds. The van der Waals surface area contributed by atoms with Crippen molar-refractivity contribution in [2.75, 3.05) is 24.3 Å². The molecule has 0 heterocycles. The lowest BCUT2D eigenvalue weighted by atomic mass is 10.2. The predicted molar refractivity (Wildman–Crippen MR) is 116 cm³/mol. The Kier molecular flexibility index (Phi) is 6.27. The number of sulfonamides is 1. The molecule has 0 aliphatic carbocycles. The fourth-order valence-corrected chi connectivity index (χ4v) is 3.85. The highest BCUT2D eigenvalue weighted by molar-refractivity contribution is 7.92. The molecule has 0 spiro atoms. The molecule has 0 unspecified atom stereocenters. The zero-order chi connectivity index (χ0) is 21.7. The third-order valence-corrected chi connectivity index (χ3v) is 5.74. The maximum absolute atomic E-state index is 12.7. The number of amides is 1. The standard InChI is InChI=1S/C22H22N2O5S/c1-15-7-12-21(29-3)20(13-15)24-30(26,27)19-10-8-17(9-11-19)23-22(25)16-5-4-6-18(14-16)28-2/h4-14,24H,1-3H3,(H,23,25). The molecule has 7 nitrogen and oxygen atoms in total. The van der Waals surface area contributed by atoms with Gasteiger partial charge < -0.3 is 14.8 Å². The number of aryl methyl sites for hydroxylation is 1. The molecule has 0 aliphatic rings. The summed E-state index contributed by atoms with van der Waals surface area (Å²) in [5.74, 6) is 0.667. The van der Waals surface area contributed by atoms with E-state index in [1.54, 1.807) is 36.4 Å². The molecule has 8 heteroatoms. The monoisotopic (exact) mass is 426 g/mol. The van der Waals surface area contributed by atoms with E-state index in [0.29, 0.717) is 28.4 Å². The third kappa shape index (κ3) is 4.90. The fraction of sp³-hybridized carbons (Fsp3) is 0.136. The minimum absolute atomic E-state index is 0.0606. The SMILES string of the molecule is COc1cccc(C(=O)Nc2ccc(S(=O)(=O)Nc3cc(C)ccc3OC)cc2)c1. The van der Waals surface area contributed by atoms with Crippen LogP contribution in [0.2, 0.25) is 0 Å². The van der Waals surface area contributed by atoms with E-state index in [-0.39, 0.29) is 10.8 Å². The van der Waals surface area contributed by atoms with Gasteiger partial charge in [0.15, 0.2) is 0 Å². The van der Waals surface area contributed by atoms with Crippen LogP contribution in [-0.2, 0) is 10.0 Å². The van der Waals surface area contributed by atoms with Gasteiger partial charge in [-0.15, -0.1) is 0 Å². The van der Waals surface area contributed by atoms with Crippen LogP contribution in [0.4, 0.5) is 11.4 Å². The minimum Gasteiger partial charge on any atom is -0.497 e. The van der Waals surface area contributed by atoms with Gasteiger partial charge in [0.05, 0.1) is 24.8 Å². The molecule has 0 bridgehead atoms. The molecular weight excluding hydrogens is 404 g/mol. The van der Waals surface area contributed by atoms with Crippen molar-refractivity contribution in [3.63, 3.8) is 0 Å². The highest BCUT2D eigenvalue weighted by atomic mass is 32.2. The molecule has 0 radical (unpaired) electrons. The molecule has 3 aromatic carbocycles. The van der Waals surface area contributed by atoms with Gasteiger partial charge in [0.1, 0.15) is 11.5 Å². The molecule has 0 atom stereocenters. The van der Waals surface area contributed by atoms with Crippen LogP contribution in [0.3, 0.4) is 0 Å². The summed E-state index contributed by atoms with van der Waals surface area (Å²) < 4.78 is 38.4. The third-order valence-electron chi connectivity index (χ3n) is 4.35. The number of benzene rings is 3. The highest BCUT2D eigenvalue weighted by Gasteiger charge is 2.17. The number of rotatable bonds is 7. The first kappa shape index (κ1) is 21.2. The average Bonchev–Trinajstić information content (AvgIpc) is 2.74. The summed E-state index contributed by atoms with van der Waals surface area (Å²) in [5.41, 5.74) is 2.14. The molecule has 0 aliphatic heterocycles. The number of hydrogen-bond acceptors (Lipinski definition) is 5. The van der Waals surface area contributed by atoms with Crippen molar-refractivity contribution in [2.45, 2.75) is 11.8 Å². The van der Waals surface area contributed by atoms with Gasteiger partial charge in [-0.2, -0.15) is 0 Å². The second-order valence-corrected chi connectivity index (χ2v) is 8.20. The van der Waals surface area contributed by atoms with Gasteiger partial charge in [0, 0.05) is 11.3 Å². The lowest BCUT2D eigenvalue weighted by Gasteiger charge is -2.13. The number of methoxy groups -OCH3 is 2. The number of carbonyl (C=O) groups is 1. The molecule has 0 saturated carbocycles. The van der Waals surface area contributed by atoms with E-state index in [4.69, 9.17) is 9.47 Å². The van der Waals surface area contributed by atoms with Gasteiger partial charge in [-0.3, -0.25) is 9.52 Å². The second-order valence-electron chi connectivity index (χ2n) is 6.52. The fourth-order valence-electron chi connectivity index (χ4n) is 2.79. The number of carbonyl (C=O) groups excluding carboxylic acids is 1. The molecule has 3 rings (SSSR count). The van der Waals surface area contributed by atoms with Crippen LogP contribution in [-0.4, -0.2) is 28.5 Å². The van der Waals surface area contributed by atoms with Crippen molar-refractivity contribution in [3.05, 3.63) is 77.9 Å². The topological polar surface area (TPSA) is 93.7 Å². The summed E-state index contributed by atoms with van der Waals surface area (Å²) >= 11 is 0. The Bertz CT molecular complexity index is 1160. The Hall–Kier alpha value is -3.52. The Morgan fingerprint density at radius 3 is 2.30 bits per heavy atom. The zero-order valence-electron chi connectivity index (χ0n) is 16.8. The van der Waals surface area contributed by atoms with E-state index in [1.807, 2.05) is 13.0 Å². The predicted octanol–water partition coefficient (Wildman–Crippen LogP) is 4.07. The lowest BCUT2D eigenvalue weighted by Crippen LogP contribution is -2.15. The van der Waals surface area contributed by atoms with Crippen LogP contribution in [0.5, 0.6) is 11.5 Å². The van der Waals surface area contributed by atoms with Gasteiger partial charge in [0.2, 0.25) is 0 Å². The zero-order valence-corrected chi connectivity index (χ0v) is 17.6. The lowest BCUT2D eigenvalue weighted by molar-refractivity contribution is 0.102. The minimum atomic E-state index is -3.83. The number of nitrogens with one attached hydrogen (secondary N) is 2. The van der Waals surface area contributed by atoms with Crippen molar-refractivity contribution in [1.82, 2.24) is 0 Å². The number of ether oxygens (including phenoxy) is 2. The van der Waals surface area contributed by atoms with Crippen molar-refractivity contribution in [1.29, 1.82) is 0 Å². The van der Waals surface area contributed by atoms with Gasteiger partial charge >= 0.3 is 0 Å². The molecule has 30 heavy (non-hydrogen) atoms. The molecule has 0 aromatic heterocycles. The summed E-state index contributed by atoms with van der Waals surface area (Å²) in [6.45, 7) is 1.86. The summed E-state index contributed by atoms with van der Waals surface area (Å²) in [7, 11) is -0.829. The summed E-state index contributed by atoms with van der Waals surface area (Å²) in [5, 5.41) is 2.73. The van der Waals surface area contributed by atoms with E-state index in [9.17, 15) is 13.2 Å². The van der Waals surface area contributed by atoms with Crippen LogP contribution in [0, 0.1) is 6.92 Å². The Morgan fingerprint density at radius 1 is 0.900 bits per heavy atom. The van der Waals surface area contributed by atoms with Crippen molar-refractivity contribution in [3.8, 4) is 11.5 Å². The second kappa shape index (κ2) is 8.87. The summed E-state index contributed by atoms with van der Waals surface area (Å²) in [6.07, 6.45) is 0. The van der Waals surface area contributed by atoms with Gasteiger partial charge in [-0.05, 0) is 67.1 Å². The molecule has 2 N–H and O–H groups in total. The maximum atomic E-state index is 12.7. The van der Waals surface area contributed by atoms with Crippen LogP contribution in [0.1, 0.15) is 15.9 Å². The molecule has 3 aromatic rings. The van der Waals surface area contributed by atoms with E-state index in [1.165, 1.54) is 38.5 Å². The number of hydrogen-bond donors (Lipinski definition) is 2. The maximum Gasteiger partial charge on any atom is 0.262 e. The van der Waals surface area contributed by atoms with Crippen LogP contribution < -0.4 is 19.5 Å². The quantitative estimate of drug-likeness (QED) is 0.594. The Morgan fingerprint density at radius 2 is 1.63 bits per heavy atom. The van der Waals surface area contributed by atoms with Crippen molar-refractivity contribution < 1.29 is 22.7 Å². The smallest absolute Gasteiger partial charge is 0.262 e. The van der Waals surface area contributed by atoms with E-state index < -0.39 is 10.0 Å². The first-order chi connectivity index (χ1) is 14.3. The molecular formula is C22H22N2O5S. The number of anilines is 2. The van der Waals surface area contributed by atoms with Gasteiger partial charge in [-0.1, -0.05) is 12.1 Å². The van der Waals surface area contributed by atoms with Crippen LogP contribution in [0.15, 0.2) is 71.6 Å². The van der Waals surface area contributed by atoms with E-state index in [2.05, 4.69) is 10.0 Å². The molecule has 0 saturated heterocycles. The van der Waals surface area contributed by atoms with Crippen molar-refractivity contribution in [2.24, 2.45) is 0 Å². The Balaban J connectivity index is 1.76. The first-order valence-corrected chi connectivity index (χ1v) is 10.5. The Labute approximate surface area is 175 Å². The van der Waals surface area contributed by atoms with E-state index >= 15 is 0 Å². The van der Waals surface area contributed by atoms with Crippen LogP contribution in [0.25, 0.3) is 0 Å². The first-order valence-electron chi connectivity index (χ1n) is 9.05. The molecule has 0 fully saturated rings. The summed E-state index contributed by atoms with van der Waals surface area (Å²) in [4.78, 5) is 12.5. The van der Waals surface area contributed by atoms with Gasteiger partial charge in [-0.25, -0.2) is 8.42 Å². The van der Waals surface area contributed by atoms with E-state index in [0.717, 1.165) is 5.56 Å².